The standard InChI is InChI=1S/C15H17N5OS/c1-3-20-11(6-7-16-20)10-19(2)15(21)13-9-12(17-18-13)14-5-4-8-22-14/h4-9H,3,10H2,1-2H3,(H,17,18). The molecule has 0 atom stereocenters. The van der Waals surface area contributed by atoms with Gasteiger partial charge >= 0.3 is 0 Å². The Morgan fingerprint density at radius 1 is 1.45 bits per heavy atom. The number of aromatic amines is 1. The van der Waals surface area contributed by atoms with Crippen molar-refractivity contribution in [3.63, 3.8) is 0 Å². The summed E-state index contributed by atoms with van der Waals surface area (Å²) in [4.78, 5) is 15.2. The number of H-pyrrole nitrogens is 1. The predicted octanol–water partition coefficient (Wildman–Crippen LogP) is 2.63. The lowest BCUT2D eigenvalue weighted by atomic mass is 10.3. The van der Waals surface area contributed by atoms with E-state index >= 15 is 0 Å². The highest BCUT2D eigenvalue weighted by atomic mass is 32.1. The second kappa shape index (κ2) is 6.15. The summed E-state index contributed by atoms with van der Waals surface area (Å²) in [6.45, 7) is 3.32. The monoisotopic (exact) mass is 315 g/mol. The number of rotatable bonds is 5. The normalized spacial score (nSPS) is 10.8. The summed E-state index contributed by atoms with van der Waals surface area (Å²) in [5.41, 5.74) is 2.30. The third-order valence-electron chi connectivity index (χ3n) is 3.43. The number of carbonyl (C=O) groups excluding carboxylic acids is 1. The van der Waals surface area contributed by atoms with Crippen LogP contribution in [0.2, 0.25) is 0 Å². The van der Waals surface area contributed by atoms with E-state index in [1.807, 2.05) is 35.2 Å². The molecule has 0 bridgehead atoms. The van der Waals surface area contributed by atoms with Crippen LogP contribution in [0.3, 0.4) is 0 Å². The fourth-order valence-corrected chi connectivity index (χ4v) is 2.97. The molecule has 3 aromatic heterocycles. The van der Waals surface area contributed by atoms with E-state index in [1.165, 1.54) is 0 Å². The molecule has 0 radical (unpaired) electrons. The Bertz CT molecular complexity index is 759. The molecule has 0 aliphatic heterocycles. The Hall–Kier alpha value is -2.41. The zero-order valence-corrected chi connectivity index (χ0v) is 13.3. The van der Waals surface area contributed by atoms with Crippen LogP contribution in [-0.2, 0) is 13.1 Å². The largest absolute Gasteiger partial charge is 0.334 e. The van der Waals surface area contributed by atoms with E-state index in [2.05, 4.69) is 15.3 Å². The molecule has 3 rings (SSSR count). The van der Waals surface area contributed by atoms with Gasteiger partial charge in [0.25, 0.3) is 5.91 Å². The van der Waals surface area contributed by atoms with Gasteiger partial charge in [-0.1, -0.05) is 6.07 Å². The quantitative estimate of drug-likeness (QED) is 0.787. The number of aryl methyl sites for hydroxylation is 1. The molecule has 7 heteroatoms. The maximum Gasteiger partial charge on any atom is 0.274 e. The highest BCUT2D eigenvalue weighted by Gasteiger charge is 2.17. The fraction of sp³-hybridized carbons (Fsp3) is 0.267. The number of hydrogen-bond acceptors (Lipinski definition) is 4. The number of aromatic nitrogens is 4. The molecule has 3 heterocycles. The van der Waals surface area contributed by atoms with Crippen LogP contribution in [-0.4, -0.2) is 37.8 Å². The lowest BCUT2D eigenvalue weighted by Gasteiger charge is -2.16. The molecule has 6 nitrogen and oxygen atoms in total. The number of hydrogen-bond donors (Lipinski definition) is 1. The molecule has 22 heavy (non-hydrogen) atoms. The van der Waals surface area contributed by atoms with Gasteiger partial charge in [0.15, 0.2) is 5.69 Å². The minimum absolute atomic E-state index is 0.108. The van der Waals surface area contributed by atoms with Gasteiger partial charge in [0.2, 0.25) is 0 Å². The van der Waals surface area contributed by atoms with Gasteiger partial charge in [0.05, 0.1) is 22.8 Å². The summed E-state index contributed by atoms with van der Waals surface area (Å²) >= 11 is 1.61. The summed E-state index contributed by atoms with van der Waals surface area (Å²) in [6.07, 6.45) is 1.75. The Morgan fingerprint density at radius 3 is 3.05 bits per heavy atom. The molecule has 0 saturated carbocycles. The van der Waals surface area contributed by atoms with Crippen LogP contribution < -0.4 is 0 Å². The molecular formula is C15H17N5OS. The molecule has 1 amide bonds. The summed E-state index contributed by atoms with van der Waals surface area (Å²) in [6, 6.07) is 7.69. The van der Waals surface area contributed by atoms with Crippen LogP contribution in [0.4, 0.5) is 0 Å². The van der Waals surface area contributed by atoms with Crippen LogP contribution in [0.25, 0.3) is 10.6 Å². The number of nitrogens with one attached hydrogen (secondary N) is 1. The summed E-state index contributed by atoms with van der Waals surface area (Å²) in [5, 5.41) is 13.3. The summed E-state index contributed by atoms with van der Waals surface area (Å²) in [7, 11) is 1.77. The second-order valence-corrected chi connectivity index (χ2v) is 5.89. The Kier molecular flexibility index (Phi) is 4.06. The Morgan fingerprint density at radius 2 is 2.32 bits per heavy atom. The van der Waals surface area contributed by atoms with E-state index in [4.69, 9.17) is 0 Å². The Balaban J connectivity index is 1.73. The third kappa shape index (κ3) is 2.80. The lowest BCUT2D eigenvalue weighted by Crippen LogP contribution is -2.27. The van der Waals surface area contributed by atoms with Crippen LogP contribution >= 0.6 is 11.3 Å². The smallest absolute Gasteiger partial charge is 0.274 e. The van der Waals surface area contributed by atoms with Crippen LogP contribution in [0.1, 0.15) is 23.1 Å². The van der Waals surface area contributed by atoms with Gasteiger partial charge in [-0.25, -0.2) is 0 Å². The van der Waals surface area contributed by atoms with Gasteiger partial charge in [-0.15, -0.1) is 11.3 Å². The van der Waals surface area contributed by atoms with Crippen molar-refractivity contribution in [3.8, 4) is 10.6 Å². The minimum Gasteiger partial charge on any atom is -0.334 e. The second-order valence-electron chi connectivity index (χ2n) is 4.94. The first-order chi connectivity index (χ1) is 10.7. The average Bonchev–Trinajstić information content (AvgIpc) is 3.26. The van der Waals surface area contributed by atoms with Crippen molar-refractivity contribution < 1.29 is 4.79 Å². The van der Waals surface area contributed by atoms with Crippen molar-refractivity contribution in [3.05, 3.63) is 47.2 Å². The molecule has 0 spiro atoms. The SMILES string of the molecule is CCn1nccc1CN(C)C(=O)c1cc(-c2cccs2)[nH]n1. The van der Waals surface area contributed by atoms with E-state index in [0.29, 0.717) is 12.2 Å². The summed E-state index contributed by atoms with van der Waals surface area (Å²) in [5.74, 6) is -0.108. The molecule has 0 fully saturated rings. The number of nitrogens with zero attached hydrogens (tertiary/aromatic N) is 4. The van der Waals surface area contributed by atoms with E-state index in [9.17, 15) is 4.79 Å². The van der Waals surface area contributed by atoms with Gasteiger partial charge in [-0.05, 0) is 30.5 Å². The number of amides is 1. The summed E-state index contributed by atoms with van der Waals surface area (Å²) < 4.78 is 1.88. The van der Waals surface area contributed by atoms with Crippen LogP contribution in [0.15, 0.2) is 35.8 Å². The molecule has 1 N–H and O–H groups in total. The Labute approximate surface area is 132 Å². The average molecular weight is 315 g/mol. The third-order valence-corrected chi connectivity index (χ3v) is 4.34. The molecule has 0 saturated heterocycles. The maximum atomic E-state index is 12.5. The van der Waals surface area contributed by atoms with Crippen molar-refractivity contribution >= 4 is 17.2 Å². The van der Waals surface area contributed by atoms with E-state index in [0.717, 1.165) is 22.8 Å². The van der Waals surface area contributed by atoms with Crippen molar-refractivity contribution in [2.45, 2.75) is 20.0 Å². The van der Waals surface area contributed by atoms with Crippen LogP contribution in [0, 0.1) is 0 Å². The highest BCUT2D eigenvalue weighted by Crippen LogP contribution is 2.23. The predicted molar refractivity (Wildman–Crippen MR) is 85.6 cm³/mol. The first-order valence-corrected chi connectivity index (χ1v) is 7.92. The molecule has 0 unspecified atom stereocenters. The van der Waals surface area contributed by atoms with Gasteiger partial charge in [-0.2, -0.15) is 10.2 Å². The molecule has 0 aromatic carbocycles. The van der Waals surface area contributed by atoms with Gasteiger partial charge in [0.1, 0.15) is 0 Å². The van der Waals surface area contributed by atoms with Crippen molar-refractivity contribution in [2.24, 2.45) is 0 Å². The van der Waals surface area contributed by atoms with E-state index < -0.39 is 0 Å². The van der Waals surface area contributed by atoms with E-state index in [1.54, 1.807) is 35.5 Å². The molecule has 3 aromatic rings. The minimum atomic E-state index is -0.108. The van der Waals surface area contributed by atoms with Crippen LogP contribution in [0.5, 0.6) is 0 Å². The fourth-order valence-electron chi connectivity index (χ4n) is 2.28. The van der Waals surface area contributed by atoms with Crippen molar-refractivity contribution in [1.29, 1.82) is 0 Å². The molecule has 0 aliphatic rings. The topological polar surface area (TPSA) is 66.8 Å². The zero-order chi connectivity index (χ0) is 15.5. The first-order valence-electron chi connectivity index (χ1n) is 7.04. The first kappa shape index (κ1) is 14.5. The maximum absolute atomic E-state index is 12.5. The molecule has 0 aliphatic carbocycles. The molecular weight excluding hydrogens is 298 g/mol. The van der Waals surface area contributed by atoms with Crippen molar-refractivity contribution in [1.82, 2.24) is 24.9 Å². The zero-order valence-electron chi connectivity index (χ0n) is 12.5. The van der Waals surface area contributed by atoms with Gasteiger partial charge in [0, 0.05) is 19.8 Å². The van der Waals surface area contributed by atoms with E-state index in [-0.39, 0.29) is 5.91 Å². The highest BCUT2D eigenvalue weighted by molar-refractivity contribution is 7.13. The number of thiophene rings is 1. The number of carbonyl (C=O) groups is 1. The molecule has 114 valence electrons. The lowest BCUT2D eigenvalue weighted by molar-refractivity contribution is 0.0775. The van der Waals surface area contributed by atoms with Gasteiger partial charge < -0.3 is 4.90 Å². The van der Waals surface area contributed by atoms with Crippen molar-refractivity contribution in [2.75, 3.05) is 7.05 Å². The van der Waals surface area contributed by atoms with Gasteiger partial charge in [-0.3, -0.25) is 14.6 Å².